The first-order valence-corrected chi connectivity index (χ1v) is 5.63. The number of cyclic esters (lactones) is 1. The van der Waals surface area contributed by atoms with E-state index in [2.05, 4.69) is 15.9 Å². The van der Waals surface area contributed by atoms with Gasteiger partial charge in [-0.05, 0) is 17.7 Å². The third kappa shape index (κ3) is 2.15. The van der Waals surface area contributed by atoms with Crippen LogP contribution in [0.5, 0.6) is 0 Å². The normalized spacial score (nSPS) is 21.3. The highest BCUT2D eigenvalue weighted by atomic mass is 79.9. The van der Waals surface area contributed by atoms with E-state index < -0.39 is 0 Å². The second-order valence-electron chi connectivity index (χ2n) is 3.58. The van der Waals surface area contributed by atoms with Gasteiger partial charge in [0, 0.05) is 17.9 Å². The van der Waals surface area contributed by atoms with Gasteiger partial charge >= 0.3 is 6.09 Å². The van der Waals surface area contributed by atoms with Gasteiger partial charge in [-0.3, -0.25) is 0 Å². The minimum Gasteiger partial charge on any atom is -0.449 e. The van der Waals surface area contributed by atoms with Crippen molar-refractivity contribution < 1.29 is 9.53 Å². The van der Waals surface area contributed by atoms with E-state index in [4.69, 9.17) is 4.74 Å². The Bertz CT molecular complexity index is 381. The number of hydrogen-bond donors (Lipinski definition) is 0. The lowest BCUT2D eigenvalue weighted by molar-refractivity contribution is 0.0559. The number of benzene rings is 1. The fourth-order valence-electron chi connectivity index (χ4n) is 1.78. The summed E-state index contributed by atoms with van der Waals surface area (Å²) in [5, 5.41) is 0. The van der Waals surface area contributed by atoms with Gasteiger partial charge in [0.2, 0.25) is 0 Å². The molecule has 0 radical (unpaired) electrons. The Hall–Kier alpha value is -1.03. The van der Waals surface area contributed by atoms with Gasteiger partial charge < -0.3 is 9.64 Å². The van der Waals surface area contributed by atoms with E-state index in [1.54, 1.807) is 11.9 Å². The van der Waals surface area contributed by atoms with Gasteiger partial charge in [0.05, 0.1) is 12.6 Å². The number of carbonyl (C=O) groups excluding carboxylic acids is 1. The summed E-state index contributed by atoms with van der Waals surface area (Å²) in [6.45, 7) is 0.500. The van der Waals surface area contributed by atoms with Crippen molar-refractivity contribution in [2.75, 3.05) is 13.7 Å². The Kier molecular flexibility index (Phi) is 2.95. The molecule has 1 aromatic carbocycles. The first-order chi connectivity index (χ1) is 7.18. The molecular weight excluding hydrogens is 258 g/mol. The van der Waals surface area contributed by atoms with Crippen molar-refractivity contribution >= 4 is 22.0 Å². The molecule has 1 atom stereocenters. The summed E-state index contributed by atoms with van der Waals surface area (Å²) in [4.78, 5) is 13.0. The van der Waals surface area contributed by atoms with Gasteiger partial charge in [-0.1, -0.05) is 28.1 Å². The topological polar surface area (TPSA) is 29.5 Å². The monoisotopic (exact) mass is 269 g/mol. The number of hydrogen-bond acceptors (Lipinski definition) is 2. The van der Waals surface area contributed by atoms with Crippen LogP contribution in [0.2, 0.25) is 0 Å². The molecule has 0 bridgehead atoms. The molecule has 1 unspecified atom stereocenters. The molecule has 1 fully saturated rings. The number of amides is 1. The summed E-state index contributed by atoms with van der Waals surface area (Å²) in [6, 6.07) is 8.16. The average Bonchev–Trinajstić information content (AvgIpc) is 2.22. The minimum atomic E-state index is -0.244. The highest BCUT2D eigenvalue weighted by Crippen LogP contribution is 2.28. The van der Waals surface area contributed by atoms with Crippen LogP contribution < -0.4 is 0 Å². The highest BCUT2D eigenvalue weighted by Gasteiger charge is 2.27. The number of ether oxygens (including phenoxy) is 1. The molecule has 1 aliphatic heterocycles. The van der Waals surface area contributed by atoms with Gasteiger partial charge in [-0.2, -0.15) is 0 Å². The lowest BCUT2D eigenvalue weighted by Gasteiger charge is -2.32. The summed E-state index contributed by atoms with van der Waals surface area (Å²) < 4.78 is 5.98. The summed E-state index contributed by atoms with van der Waals surface area (Å²) in [5.74, 6) is 0. The van der Waals surface area contributed by atoms with Crippen LogP contribution in [0.1, 0.15) is 18.0 Å². The van der Waals surface area contributed by atoms with Gasteiger partial charge in [0.1, 0.15) is 0 Å². The number of halogens is 1. The first-order valence-electron chi connectivity index (χ1n) is 4.83. The molecule has 0 aliphatic carbocycles. The predicted octanol–water partition coefficient (Wildman–Crippen LogP) is 2.96. The molecule has 1 heterocycles. The van der Waals surface area contributed by atoms with Crippen LogP contribution in [0.25, 0.3) is 0 Å². The van der Waals surface area contributed by atoms with E-state index >= 15 is 0 Å². The van der Waals surface area contributed by atoms with Crippen LogP contribution in [-0.4, -0.2) is 24.6 Å². The van der Waals surface area contributed by atoms with Gasteiger partial charge in [-0.15, -0.1) is 0 Å². The molecule has 0 aromatic heterocycles. The Morgan fingerprint density at radius 1 is 1.53 bits per heavy atom. The molecule has 2 rings (SSSR count). The fourth-order valence-corrected chi connectivity index (χ4v) is 2.20. The molecular formula is C11H12BrNO2. The van der Waals surface area contributed by atoms with Crippen molar-refractivity contribution in [1.82, 2.24) is 4.90 Å². The zero-order valence-corrected chi connectivity index (χ0v) is 10.0. The van der Waals surface area contributed by atoms with Crippen molar-refractivity contribution in [2.45, 2.75) is 12.5 Å². The number of carbonyl (C=O) groups is 1. The van der Waals surface area contributed by atoms with E-state index in [1.165, 1.54) is 0 Å². The van der Waals surface area contributed by atoms with Crippen molar-refractivity contribution in [3.05, 3.63) is 34.3 Å². The number of rotatable bonds is 1. The Morgan fingerprint density at radius 3 is 3.07 bits per heavy atom. The fraction of sp³-hybridized carbons (Fsp3) is 0.364. The van der Waals surface area contributed by atoms with Gasteiger partial charge in [0.25, 0.3) is 0 Å². The smallest absolute Gasteiger partial charge is 0.410 e. The van der Waals surface area contributed by atoms with Crippen LogP contribution in [0.3, 0.4) is 0 Å². The van der Waals surface area contributed by atoms with E-state index in [-0.39, 0.29) is 12.1 Å². The summed E-state index contributed by atoms with van der Waals surface area (Å²) >= 11 is 3.43. The van der Waals surface area contributed by atoms with E-state index in [0.29, 0.717) is 6.61 Å². The Balaban J connectivity index is 2.26. The molecule has 0 saturated carbocycles. The van der Waals surface area contributed by atoms with Crippen LogP contribution in [0.4, 0.5) is 4.79 Å². The largest absolute Gasteiger partial charge is 0.449 e. The van der Waals surface area contributed by atoms with Crippen molar-refractivity contribution in [3.63, 3.8) is 0 Å². The molecule has 1 saturated heterocycles. The summed E-state index contributed by atoms with van der Waals surface area (Å²) in [7, 11) is 1.77. The van der Waals surface area contributed by atoms with E-state index in [0.717, 1.165) is 16.5 Å². The van der Waals surface area contributed by atoms with Crippen molar-refractivity contribution in [1.29, 1.82) is 0 Å². The van der Waals surface area contributed by atoms with Crippen LogP contribution in [0, 0.1) is 0 Å². The molecule has 15 heavy (non-hydrogen) atoms. The molecule has 1 amide bonds. The molecule has 3 nitrogen and oxygen atoms in total. The van der Waals surface area contributed by atoms with E-state index in [9.17, 15) is 4.79 Å². The molecule has 1 aromatic rings. The predicted molar refractivity (Wildman–Crippen MR) is 60.6 cm³/mol. The Morgan fingerprint density at radius 2 is 2.33 bits per heavy atom. The van der Waals surface area contributed by atoms with Crippen molar-refractivity contribution in [3.8, 4) is 0 Å². The molecule has 0 N–H and O–H groups in total. The first kappa shape index (κ1) is 10.5. The minimum absolute atomic E-state index is 0.128. The van der Waals surface area contributed by atoms with E-state index in [1.807, 2.05) is 24.3 Å². The summed E-state index contributed by atoms with van der Waals surface area (Å²) in [5.41, 5.74) is 1.14. The maximum Gasteiger partial charge on any atom is 0.410 e. The lowest BCUT2D eigenvalue weighted by atomic mass is 10.0. The maximum absolute atomic E-state index is 11.4. The van der Waals surface area contributed by atoms with Gasteiger partial charge in [-0.25, -0.2) is 4.79 Å². The van der Waals surface area contributed by atoms with Crippen LogP contribution in [0.15, 0.2) is 28.7 Å². The second kappa shape index (κ2) is 4.23. The molecule has 0 spiro atoms. The third-order valence-corrected chi connectivity index (χ3v) is 3.10. The Labute approximate surface area is 97.2 Å². The van der Waals surface area contributed by atoms with Gasteiger partial charge in [0.15, 0.2) is 0 Å². The SMILES string of the molecule is CN1C(=O)OCCC1c1cccc(Br)c1. The van der Waals surface area contributed by atoms with Crippen LogP contribution in [-0.2, 0) is 4.74 Å². The zero-order valence-electron chi connectivity index (χ0n) is 8.44. The quantitative estimate of drug-likeness (QED) is 0.785. The molecule has 4 heteroatoms. The lowest BCUT2D eigenvalue weighted by Crippen LogP contribution is -2.37. The molecule has 80 valence electrons. The summed E-state index contributed by atoms with van der Waals surface area (Å²) in [6.07, 6.45) is 0.602. The standard InChI is InChI=1S/C11H12BrNO2/c1-13-10(5-6-15-11(13)14)8-3-2-4-9(12)7-8/h2-4,7,10H,5-6H2,1H3. The maximum atomic E-state index is 11.4. The number of nitrogens with zero attached hydrogens (tertiary/aromatic N) is 1. The second-order valence-corrected chi connectivity index (χ2v) is 4.50. The molecule has 1 aliphatic rings. The highest BCUT2D eigenvalue weighted by molar-refractivity contribution is 9.10. The van der Waals surface area contributed by atoms with Crippen molar-refractivity contribution in [2.24, 2.45) is 0 Å². The third-order valence-electron chi connectivity index (χ3n) is 2.61. The van der Waals surface area contributed by atoms with Crippen LogP contribution >= 0.6 is 15.9 Å². The average molecular weight is 270 g/mol. The zero-order chi connectivity index (χ0) is 10.8.